The number of halogens is 2. The Kier molecular flexibility index (Phi) is 4.00. The molecule has 2 rings (SSSR count). The molecule has 1 N–H and O–H groups in total. The molecule has 100 valence electrons. The number of benzene rings is 1. The first-order valence-corrected chi connectivity index (χ1v) is 6.42. The van der Waals surface area contributed by atoms with E-state index in [1.807, 2.05) is 26.8 Å². The van der Waals surface area contributed by atoms with Crippen LogP contribution in [0.2, 0.25) is 5.15 Å². The molecule has 0 aliphatic rings. The van der Waals surface area contributed by atoms with E-state index in [0.717, 1.165) is 5.56 Å². The summed E-state index contributed by atoms with van der Waals surface area (Å²) >= 11 is 5.96. The third-order valence-corrected chi connectivity index (χ3v) is 2.90. The van der Waals surface area contributed by atoms with Crippen LogP contribution in [0.5, 0.6) is 0 Å². The van der Waals surface area contributed by atoms with Crippen LogP contribution in [0.1, 0.15) is 31.2 Å². The maximum atomic E-state index is 13.8. The van der Waals surface area contributed by atoms with Gasteiger partial charge in [0.05, 0.1) is 5.69 Å². The maximum absolute atomic E-state index is 13.8. The van der Waals surface area contributed by atoms with Crippen molar-refractivity contribution in [3.8, 4) is 0 Å². The topological polar surface area (TPSA) is 37.8 Å². The van der Waals surface area contributed by atoms with Crippen molar-refractivity contribution in [3.63, 3.8) is 0 Å². The van der Waals surface area contributed by atoms with Gasteiger partial charge in [0.15, 0.2) is 0 Å². The minimum atomic E-state index is -0.319. The molecule has 0 bridgehead atoms. The Bertz CT molecular complexity index is 579. The number of hydrogen-bond donors (Lipinski definition) is 1. The Labute approximate surface area is 116 Å². The van der Waals surface area contributed by atoms with E-state index < -0.39 is 0 Å². The molecule has 5 heteroatoms. The number of aromatic nitrogens is 2. The fraction of sp³-hybridized carbons (Fsp3) is 0.286. The minimum absolute atomic E-state index is 0.154. The summed E-state index contributed by atoms with van der Waals surface area (Å²) in [6.45, 7) is 5.78. The van der Waals surface area contributed by atoms with Crippen LogP contribution < -0.4 is 5.32 Å². The van der Waals surface area contributed by atoms with Crippen LogP contribution in [0.25, 0.3) is 0 Å². The molecule has 0 fully saturated rings. The van der Waals surface area contributed by atoms with Crippen LogP contribution in [-0.4, -0.2) is 9.97 Å². The second-order valence-electron chi connectivity index (χ2n) is 4.65. The molecule has 0 aliphatic carbocycles. The summed E-state index contributed by atoms with van der Waals surface area (Å²) in [5.74, 6) is 0.961. The molecule has 3 nitrogen and oxygen atoms in total. The van der Waals surface area contributed by atoms with Gasteiger partial charge in [0.2, 0.25) is 0 Å². The van der Waals surface area contributed by atoms with E-state index in [2.05, 4.69) is 15.3 Å². The summed E-state index contributed by atoms with van der Waals surface area (Å²) in [4.78, 5) is 8.48. The Morgan fingerprint density at radius 3 is 2.63 bits per heavy atom. The summed E-state index contributed by atoms with van der Waals surface area (Å²) in [7, 11) is 0. The third-order valence-electron chi connectivity index (χ3n) is 2.70. The highest BCUT2D eigenvalue weighted by atomic mass is 35.5. The predicted octanol–water partition coefficient (Wildman–Crippen LogP) is 4.44. The first kappa shape index (κ1) is 13.7. The van der Waals surface area contributed by atoms with Crippen molar-refractivity contribution >= 4 is 23.1 Å². The van der Waals surface area contributed by atoms with E-state index in [0.29, 0.717) is 22.5 Å². The number of aryl methyl sites for hydroxylation is 1. The van der Waals surface area contributed by atoms with Crippen molar-refractivity contribution in [2.75, 3.05) is 5.32 Å². The zero-order chi connectivity index (χ0) is 14.0. The van der Waals surface area contributed by atoms with Gasteiger partial charge in [-0.25, -0.2) is 14.4 Å². The maximum Gasteiger partial charge on any atom is 0.146 e. The molecule has 0 saturated carbocycles. The Balaban J connectivity index is 2.38. The summed E-state index contributed by atoms with van der Waals surface area (Å²) in [6.07, 6.45) is 0. The highest BCUT2D eigenvalue weighted by Crippen LogP contribution is 2.24. The van der Waals surface area contributed by atoms with Gasteiger partial charge in [0.25, 0.3) is 0 Å². The van der Waals surface area contributed by atoms with E-state index in [1.54, 1.807) is 12.1 Å². The Morgan fingerprint density at radius 2 is 2.00 bits per heavy atom. The van der Waals surface area contributed by atoms with E-state index in [4.69, 9.17) is 11.6 Å². The van der Waals surface area contributed by atoms with E-state index in [-0.39, 0.29) is 11.7 Å². The quantitative estimate of drug-likeness (QED) is 0.844. The second-order valence-corrected chi connectivity index (χ2v) is 5.03. The number of rotatable bonds is 3. The van der Waals surface area contributed by atoms with Crippen molar-refractivity contribution in [1.82, 2.24) is 9.97 Å². The molecule has 19 heavy (non-hydrogen) atoms. The molecular weight excluding hydrogens is 265 g/mol. The van der Waals surface area contributed by atoms with Crippen molar-refractivity contribution in [2.24, 2.45) is 0 Å². The average molecular weight is 280 g/mol. The first-order chi connectivity index (χ1) is 8.97. The lowest BCUT2D eigenvalue weighted by Crippen LogP contribution is -2.04. The fourth-order valence-corrected chi connectivity index (χ4v) is 1.87. The molecule has 0 aliphatic heterocycles. The molecule has 0 atom stereocenters. The van der Waals surface area contributed by atoms with Gasteiger partial charge in [-0.15, -0.1) is 0 Å². The number of nitrogens with zero attached hydrogens (tertiary/aromatic N) is 2. The highest BCUT2D eigenvalue weighted by Gasteiger charge is 2.10. The summed E-state index contributed by atoms with van der Waals surface area (Å²) in [6, 6.07) is 6.49. The third kappa shape index (κ3) is 3.20. The van der Waals surface area contributed by atoms with Crippen molar-refractivity contribution in [2.45, 2.75) is 26.7 Å². The zero-order valence-electron chi connectivity index (χ0n) is 11.0. The van der Waals surface area contributed by atoms with Gasteiger partial charge >= 0.3 is 0 Å². The lowest BCUT2D eigenvalue weighted by atomic mass is 10.2. The lowest BCUT2D eigenvalue weighted by molar-refractivity contribution is 0.630. The molecule has 0 unspecified atom stereocenters. The van der Waals surface area contributed by atoms with Gasteiger partial charge in [0, 0.05) is 12.0 Å². The lowest BCUT2D eigenvalue weighted by Gasteiger charge is -2.12. The minimum Gasteiger partial charge on any atom is -0.337 e. The molecule has 1 aromatic carbocycles. The largest absolute Gasteiger partial charge is 0.337 e. The van der Waals surface area contributed by atoms with Gasteiger partial charge in [-0.2, -0.15) is 0 Å². The Morgan fingerprint density at radius 1 is 1.26 bits per heavy atom. The number of para-hydroxylation sites is 1. The summed E-state index contributed by atoms with van der Waals surface area (Å²) in [5, 5.41) is 3.31. The van der Waals surface area contributed by atoms with Gasteiger partial charge in [-0.05, 0) is 18.6 Å². The number of nitrogens with one attached hydrogen (secondary N) is 1. The predicted molar refractivity (Wildman–Crippen MR) is 75.6 cm³/mol. The molecule has 0 saturated heterocycles. The van der Waals surface area contributed by atoms with E-state index >= 15 is 0 Å². The van der Waals surface area contributed by atoms with Crippen molar-refractivity contribution in [1.29, 1.82) is 0 Å². The van der Waals surface area contributed by atoms with Gasteiger partial charge in [-0.3, -0.25) is 0 Å². The van der Waals surface area contributed by atoms with Crippen LogP contribution in [0, 0.1) is 12.7 Å². The van der Waals surface area contributed by atoms with Crippen molar-refractivity contribution < 1.29 is 4.39 Å². The standard InChI is InChI=1S/C14H15ClFN3/c1-8(2)14-17-11(15)7-12(19-14)18-13-9(3)5-4-6-10(13)16/h4-8H,1-3H3,(H,17,18,19). The van der Waals surface area contributed by atoms with Crippen LogP contribution in [0.4, 0.5) is 15.9 Å². The van der Waals surface area contributed by atoms with Crippen LogP contribution in [0.15, 0.2) is 24.3 Å². The number of anilines is 2. The fourth-order valence-electron chi connectivity index (χ4n) is 1.68. The normalized spacial score (nSPS) is 10.8. The first-order valence-electron chi connectivity index (χ1n) is 6.04. The van der Waals surface area contributed by atoms with Crippen LogP contribution in [-0.2, 0) is 0 Å². The molecule has 0 radical (unpaired) electrons. The second kappa shape index (κ2) is 5.53. The number of hydrogen-bond acceptors (Lipinski definition) is 3. The van der Waals surface area contributed by atoms with Crippen LogP contribution in [0.3, 0.4) is 0 Å². The van der Waals surface area contributed by atoms with Gasteiger partial charge in [-0.1, -0.05) is 37.6 Å². The highest BCUT2D eigenvalue weighted by molar-refractivity contribution is 6.29. The average Bonchev–Trinajstić information content (AvgIpc) is 2.33. The monoisotopic (exact) mass is 279 g/mol. The van der Waals surface area contributed by atoms with Crippen LogP contribution >= 0.6 is 11.6 Å². The summed E-state index contributed by atoms with van der Waals surface area (Å²) < 4.78 is 13.8. The van der Waals surface area contributed by atoms with Gasteiger partial charge in [0.1, 0.15) is 22.6 Å². The molecular formula is C14H15ClFN3. The van der Waals surface area contributed by atoms with Crippen molar-refractivity contribution in [3.05, 3.63) is 46.6 Å². The van der Waals surface area contributed by atoms with E-state index in [1.165, 1.54) is 6.07 Å². The van der Waals surface area contributed by atoms with Gasteiger partial charge < -0.3 is 5.32 Å². The molecule has 1 heterocycles. The van der Waals surface area contributed by atoms with E-state index in [9.17, 15) is 4.39 Å². The summed E-state index contributed by atoms with van der Waals surface area (Å²) in [5.41, 5.74) is 1.22. The molecule has 1 aromatic heterocycles. The molecule has 0 amide bonds. The smallest absolute Gasteiger partial charge is 0.146 e. The Hall–Kier alpha value is -1.68. The zero-order valence-corrected chi connectivity index (χ0v) is 11.8. The SMILES string of the molecule is Cc1cccc(F)c1Nc1cc(Cl)nc(C(C)C)n1. The molecule has 0 spiro atoms. The molecule has 2 aromatic rings.